The zero-order valence-electron chi connectivity index (χ0n) is 36.9. The van der Waals surface area contributed by atoms with Crippen LogP contribution in [0, 0.1) is 35.0 Å². The Hall–Kier alpha value is -4.45. The third kappa shape index (κ3) is 13.5. The summed E-state index contributed by atoms with van der Waals surface area (Å²) in [5, 5.41) is 36.8. The highest BCUT2D eigenvalue weighted by atomic mass is 16.4. The summed E-state index contributed by atoms with van der Waals surface area (Å²) >= 11 is 0. The van der Waals surface area contributed by atoms with E-state index in [4.69, 9.17) is 11.0 Å². The van der Waals surface area contributed by atoms with Gasteiger partial charge in [-0.2, -0.15) is 5.26 Å². The lowest BCUT2D eigenvalue weighted by atomic mass is 9.77. The summed E-state index contributed by atoms with van der Waals surface area (Å²) in [4.78, 5) is 104. The van der Waals surface area contributed by atoms with Crippen LogP contribution in [0.1, 0.15) is 118 Å². The number of nitriles is 1. The van der Waals surface area contributed by atoms with Crippen LogP contribution in [-0.2, 0) is 38.4 Å². The van der Waals surface area contributed by atoms with Gasteiger partial charge in [-0.3, -0.25) is 48.2 Å². The zero-order chi connectivity index (χ0) is 45.7. The molecule has 0 bridgehead atoms. The van der Waals surface area contributed by atoms with Gasteiger partial charge in [0.05, 0.1) is 24.1 Å². The van der Waals surface area contributed by atoms with Crippen molar-refractivity contribution in [3.8, 4) is 6.07 Å². The predicted molar refractivity (Wildman–Crippen MR) is 226 cm³/mol. The Bertz CT molecular complexity index is 1670. The quantitative estimate of drug-likeness (QED) is 0.0547. The minimum Gasteiger partial charge on any atom is -0.426 e. The number of unbranched alkanes of at least 4 members (excludes halogenated alkanes) is 1. The van der Waals surface area contributed by atoms with E-state index in [9.17, 15) is 48.4 Å². The third-order valence-electron chi connectivity index (χ3n) is 12.7. The molecule has 0 aliphatic carbocycles. The monoisotopic (exact) mass is 870 g/mol. The van der Waals surface area contributed by atoms with Gasteiger partial charge in [-0.1, -0.05) is 27.7 Å². The van der Waals surface area contributed by atoms with Gasteiger partial charge in [-0.25, -0.2) is 0 Å². The second-order valence-electron chi connectivity index (χ2n) is 18.0. The van der Waals surface area contributed by atoms with Gasteiger partial charge >= 0.3 is 7.12 Å². The lowest BCUT2D eigenvalue weighted by Crippen LogP contribution is -2.51. The van der Waals surface area contributed by atoms with E-state index in [0.29, 0.717) is 77.5 Å². The Morgan fingerprint density at radius 2 is 1.40 bits per heavy atom. The third-order valence-corrected chi connectivity index (χ3v) is 12.7. The highest BCUT2D eigenvalue weighted by Gasteiger charge is 2.43. The Morgan fingerprint density at radius 3 is 1.95 bits per heavy atom. The maximum absolute atomic E-state index is 12.7. The average molecular weight is 870 g/mol. The normalized spacial score (nSPS) is 25.4. The molecule has 3 unspecified atom stereocenters. The standard InChI is InChI=1S/C22H35N5O4.C20H33BN4O6/c1-15(2)17-13-20(29)27(21(17)30)12-6-9-19(28)25-10-4-3-8-18(24)22(31)26-11-5-7-16(26)14-23;1-12(2)14-10-18(27)25(19(14)28)8-4-6-17(26)23-13-9-15(22-11-13)20(29)24-7-3-5-16(24)21(30)31/h15-18H,3-13,24H2,1-2H3,(H,25,28);12-16,22,30-31H,3-11H2,1-2H3,(H,23,26)/t16-,17?,18-;13?,14?,15-,16-/m00/s1. The van der Waals surface area contributed by atoms with Crippen molar-refractivity contribution in [3.63, 3.8) is 0 Å². The maximum atomic E-state index is 12.7. The predicted octanol–water partition coefficient (Wildman–Crippen LogP) is -0.427. The van der Waals surface area contributed by atoms with Gasteiger partial charge in [0.2, 0.25) is 47.3 Å². The fourth-order valence-corrected chi connectivity index (χ4v) is 8.94. The number of nitrogens with one attached hydrogen (secondary N) is 3. The van der Waals surface area contributed by atoms with Crippen molar-refractivity contribution in [2.24, 2.45) is 29.4 Å². The number of nitrogens with two attached hydrogens (primary N) is 1. The fourth-order valence-electron chi connectivity index (χ4n) is 8.94. The first kappa shape index (κ1) is 50.2. The molecule has 0 aromatic carbocycles. The first-order valence-corrected chi connectivity index (χ1v) is 22.5. The van der Waals surface area contributed by atoms with Gasteiger partial charge in [-0.05, 0) is 76.0 Å². The molecular weight excluding hydrogens is 801 g/mol. The largest absolute Gasteiger partial charge is 0.475 e. The van der Waals surface area contributed by atoms with Crippen molar-refractivity contribution in [1.82, 2.24) is 35.6 Å². The van der Waals surface area contributed by atoms with E-state index in [-0.39, 0.29) is 122 Å². The molecule has 19 nitrogen and oxygen atoms in total. The van der Waals surface area contributed by atoms with Crippen LogP contribution in [0.15, 0.2) is 0 Å². The SMILES string of the molecule is CC(C)C1CC(=O)N(CCCC(=O)NC2CN[C@H](C(=O)N3CCC[C@H]3B(O)O)C2)C1=O.CC(C)C1CC(=O)N(CCCC(=O)NCCCC[C@H](N)C(=O)N2CCC[C@H]2C#N)C1=O. The molecule has 7 N–H and O–H groups in total. The number of carbonyl (C=O) groups excluding carboxylic acids is 8. The van der Waals surface area contributed by atoms with E-state index in [1.54, 1.807) is 4.90 Å². The van der Waals surface area contributed by atoms with Crippen LogP contribution in [0.2, 0.25) is 0 Å². The van der Waals surface area contributed by atoms with Gasteiger partial charge in [0.15, 0.2) is 0 Å². The number of nitrogens with zero attached hydrogens (tertiary/aromatic N) is 5. The van der Waals surface area contributed by atoms with E-state index in [2.05, 4.69) is 22.0 Å². The van der Waals surface area contributed by atoms with E-state index in [1.807, 2.05) is 27.7 Å². The van der Waals surface area contributed by atoms with Crippen LogP contribution in [0.3, 0.4) is 0 Å². The van der Waals surface area contributed by atoms with Crippen molar-refractivity contribution in [2.75, 3.05) is 39.3 Å². The molecule has 0 saturated carbocycles. The molecule has 8 amide bonds. The number of likely N-dealkylation sites (tertiary alicyclic amines) is 4. The highest BCUT2D eigenvalue weighted by molar-refractivity contribution is 6.43. The number of imide groups is 2. The first-order valence-electron chi connectivity index (χ1n) is 22.5. The van der Waals surface area contributed by atoms with Gasteiger partial charge in [0.1, 0.15) is 6.04 Å². The second kappa shape index (κ2) is 23.8. The van der Waals surface area contributed by atoms with Crippen LogP contribution < -0.4 is 21.7 Å². The minimum atomic E-state index is -1.55. The minimum absolute atomic E-state index is 0.117. The van der Waals surface area contributed by atoms with E-state index in [1.165, 1.54) is 14.7 Å². The van der Waals surface area contributed by atoms with Crippen LogP contribution >= 0.6 is 0 Å². The number of hydrogen-bond acceptors (Lipinski definition) is 13. The summed E-state index contributed by atoms with van der Waals surface area (Å²) in [6, 6.07) is 0.517. The van der Waals surface area contributed by atoms with E-state index >= 15 is 0 Å². The van der Waals surface area contributed by atoms with Crippen molar-refractivity contribution in [3.05, 3.63) is 0 Å². The number of amides is 8. The zero-order valence-corrected chi connectivity index (χ0v) is 36.9. The summed E-state index contributed by atoms with van der Waals surface area (Å²) in [6.07, 6.45) is 7.02. The molecular formula is C42H68BN9O10. The van der Waals surface area contributed by atoms with Crippen LogP contribution in [0.5, 0.6) is 0 Å². The molecule has 5 saturated heterocycles. The summed E-state index contributed by atoms with van der Waals surface area (Å²) in [7, 11) is -1.55. The summed E-state index contributed by atoms with van der Waals surface area (Å²) in [5.74, 6) is -2.04. The lowest BCUT2D eigenvalue weighted by Gasteiger charge is -2.26. The molecule has 7 atom stereocenters. The molecule has 0 aromatic rings. The molecule has 5 heterocycles. The summed E-state index contributed by atoms with van der Waals surface area (Å²) < 4.78 is 0. The second-order valence-corrected chi connectivity index (χ2v) is 18.0. The van der Waals surface area contributed by atoms with Crippen molar-refractivity contribution < 1.29 is 48.4 Å². The molecule has 0 aromatic heterocycles. The molecule has 5 fully saturated rings. The summed E-state index contributed by atoms with van der Waals surface area (Å²) in [6.45, 7) is 10.3. The number of rotatable bonds is 19. The average Bonchev–Trinajstić information content (AvgIpc) is 4.08. The van der Waals surface area contributed by atoms with Gasteiger partial charge < -0.3 is 41.5 Å². The molecule has 5 aliphatic rings. The Labute approximate surface area is 365 Å². The van der Waals surface area contributed by atoms with Crippen LogP contribution in [0.25, 0.3) is 0 Å². The molecule has 0 radical (unpaired) electrons. The molecule has 5 aliphatic heterocycles. The lowest BCUT2D eigenvalue weighted by molar-refractivity contribution is -0.141. The molecule has 5 rings (SSSR count). The molecule has 20 heteroatoms. The molecule has 344 valence electrons. The van der Waals surface area contributed by atoms with Crippen molar-refractivity contribution in [2.45, 2.75) is 148 Å². The first-order chi connectivity index (χ1) is 29.4. The van der Waals surface area contributed by atoms with Gasteiger partial charge in [0, 0.05) is 82.8 Å². The van der Waals surface area contributed by atoms with Crippen molar-refractivity contribution >= 4 is 54.4 Å². The smallest absolute Gasteiger partial charge is 0.426 e. The van der Waals surface area contributed by atoms with Gasteiger partial charge in [0.25, 0.3) is 0 Å². The maximum Gasteiger partial charge on any atom is 0.475 e. The highest BCUT2D eigenvalue weighted by Crippen LogP contribution is 2.28. The van der Waals surface area contributed by atoms with E-state index < -0.39 is 25.1 Å². The molecule has 62 heavy (non-hydrogen) atoms. The Balaban J connectivity index is 0.000000273. The number of hydrogen-bond donors (Lipinski definition) is 6. The van der Waals surface area contributed by atoms with E-state index in [0.717, 1.165) is 12.8 Å². The fraction of sp³-hybridized carbons (Fsp3) is 0.786. The van der Waals surface area contributed by atoms with Crippen molar-refractivity contribution in [1.29, 1.82) is 5.26 Å². The number of carbonyl (C=O) groups is 8. The van der Waals surface area contributed by atoms with Gasteiger partial charge in [-0.15, -0.1) is 0 Å². The molecule has 0 spiro atoms. The Kier molecular flexibility index (Phi) is 19.3. The topological polar surface area (TPSA) is 276 Å². The summed E-state index contributed by atoms with van der Waals surface area (Å²) in [5.41, 5.74) is 5.98. The Morgan fingerprint density at radius 1 is 0.839 bits per heavy atom. The van der Waals surface area contributed by atoms with Crippen LogP contribution in [-0.4, -0.2) is 153 Å². The van der Waals surface area contributed by atoms with Crippen LogP contribution in [0.4, 0.5) is 0 Å².